The molecule has 0 radical (unpaired) electrons. The molecule has 1 aliphatic carbocycles. The number of nitrogens with one attached hydrogen (secondary N) is 1. The van der Waals surface area contributed by atoms with Crippen LogP contribution in [0.1, 0.15) is 60.8 Å². The van der Waals surface area contributed by atoms with E-state index >= 15 is 0 Å². The monoisotopic (exact) mass is 479 g/mol. The minimum Gasteiger partial charge on any atom is -0.493 e. The van der Waals surface area contributed by atoms with E-state index in [2.05, 4.69) is 5.32 Å². The number of amides is 2. The molecule has 186 valence electrons. The summed E-state index contributed by atoms with van der Waals surface area (Å²) in [5.41, 5.74) is 1.68. The zero-order valence-electron chi connectivity index (χ0n) is 20.8. The van der Waals surface area contributed by atoms with Crippen LogP contribution in [0.25, 0.3) is 11.1 Å². The SMILES string of the molecule is COc1cccc(CN2C(=O)c3cc4oc(C)cc4n3C[C@]2(C)C(=O)NC2CCCCC2)c1OC. The van der Waals surface area contributed by atoms with Crippen LogP contribution in [-0.4, -0.2) is 47.1 Å². The molecule has 0 saturated heterocycles. The lowest BCUT2D eigenvalue weighted by Gasteiger charge is -2.45. The fourth-order valence-electron chi connectivity index (χ4n) is 5.55. The van der Waals surface area contributed by atoms with Gasteiger partial charge in [-0.05, 0) is 32.8 Å². The lowest BCUT2D eigenvalue weighted by molar-refractivity contribution is -0.134. The highest BCUT2D eigenvalue weighted by molar-refractivity contribution is 6.03. The van der Waals surface area contributed by atoms with Gasteiger partial charge in [0.2, 0.25) is 5.91 Å². The van der Waals surface area contributed by atoms with Crippen LogP contribution in [0, 0.1) is 6.92 Å². The van der Waals surface area contributed by atoms with E-state index in [-0.39, 0.29) is 24.4 Å². The summed E-state index contributed by atoms with van der Waals surface area (Å²) in [4.78, 5) is 29.5. The molecule has 3 heterocycles. The summed E-state index contributed by atoms with van der Waals surface area (Å²) in [5, 5.41) is 3.27. The van der Waals surface area contributed by atoms with Crippen molar-refractivity contribution in [3.05, 3.63) is 47.3 Å². The van der Waals surface area contributed by atoms with Gasteiger partial charge in [0.25, 0.3) is 5.91 Å². The highest BCUT2D eigenvalue weighted by Crippen LogP contribution is 2.38. The Kier molecular flexibility index (Phi) is 5.99. The maximum absolute atomic E-state index is 14.0. The number of ether oxygens (including phenoxy) is 2. The number of aromatic nitrogens is 1. The highest BCUT2D eigenvalue weighted by atomic mass is 16.5. The molecule has 2 amide bonds. The van der Waals surface area contributed by atoms with Crippen molar-refractivity contribution in [2.75, 3.05) is 14.2 Å². The first-order valence-electron chi connectivity index (χ1n) is 12.3. The van der Waals surface area contributed by atoms with Gasteiger partial charge in [-0.1, -0.05) is 31.4 Å². The van der Waals surface area contributed by atoms with Crippen molar-refractivity contribution in [3.63, 3.8) is 0 Å². The molecule has 1 saturated carbocycles. The highest BCUT2D eigenvalue weighted by Gasteiger charge is 2.48. The van der Waals surface area contributed by atoms with Gasteiger partial charge in [0.05, 0.1) is 32.8 Å². The molecule has 3 aromatic rings. The molecule has 1 aromatic carbocycles. The number of carbonyl (C=O) groups excluding carboxylic acids is 2. The van der Waals surface area contributed by atoms with E-state index in [9.17, 15) is 9.59 Å². The zero-order valence-corrected chi connectivity index (χ0v) is 20.8. The predicted molar refractivity (Wildman–Crippen MR) is 132 cm³/mol. The molecule has 8 heteroatoms. The molecular weight excluding hydrogens is 446 g/mol. The summed E-state index contributed by atoms with van der Waals surface area (Å²) in [6.45, 7) is 4.28. The number of nitrogens with zero attached hydrogens (tertiary/aromatic N) is 2. The second-order valence-electron chi connectivity index (χ2n) is 9.85. The van der Waals surface area contributed by atoms with Crippen molar-refractivity contribution in [1.29, 1.82) is 0 Å². The van der Waals surface area contributed by atoms with Gasteiger partial charge in [-0.3, -0.25) is 9.59 Å². The van der Waals surface area contributed by atoms with E-state index in [4.69, 9.17) is 13.9 Å². The number of furan rings is 1. The molecule has 1 fully saturated rings. The molecule has 0 unspecified atom stereocenters. The third-order valence-electron chi connectivity index (χ3n) is 7.48. The Morgan fingerprint density at radius 1 is 1.17 bits per heavy atom. The molecule has 5 rings (SSSR count). The van der Waals surface area contributed by atoms with Crippen LogP contribution in [0.5, 0.6) is 11.5 Å². The summed E-state index contributed by atoms with van der Waals surface area (Å²) in [6, 6.07) is 9.42. The number of benzene rings is 1. The van der Waals surface area contributed by atoms with E-state index in [0.29, 0.717) is 29.3 Å². The zero-order chi connectivity index (χ0) is 24.7. The number of methoxy groups -OCH3 is 2. The summed E-state index contributed by atoms with van der Waals surface area (Å²) < 4.78 is 18.8. The molecule has 2 aromatic heterocycles. The van der Waals surface area contributed by atoms with Crippen LogP contribution in [-0.2, 0) is 17.9 Å². The summed E-state index contributed by atoms with van der Waals surface area (Å²) in [7, 11) is 3.16. The minimum atomic E-state index is -1.10. The van der Waals surface area contributed by atoms with Crippen molar-refractivity contribution in [2.24, 2.45) is 0 Å². The number of para-hydroxylation sites is 1. The van der Waals surface area contributed by atoms with Crippen LogP contribution < -0.4 is 14.8 Å². The van der Waals surface area contributed by atoms with Gasteiger partial charge in [0.15, 0.2) is 17.1 Å². The van der Waals surface area contributed by atoms with Crippen LogP contribution in [0.3, 0.4) is 0 Å². The second kappa shape index (κ2) is 8.98. The lowest BCUT2D eigenvalue weighted by Crippen LogP contribution is -2.64. The van der Waals surface area contributed by atoms with Crippen molar-refractivity contribution in [3.8, 4) is 11.5 Å². The third kappa shape index (κ3) is 3.94. The van der Waals surface area contributed by atoms with Crippen LogP contribution in [0.15, 0.2) is 34.7 Å². The smallest absolute Gasteiger partial charge is 0.271 e. The summed E-state index contributed by atoms with van der Waals surface area (Å²) in [5.74, 6) is 1.57. The Bertz CT molecular complexity index is 1270. The molecule has 0 bridgehead atoms. The standard InChI is InChI=1S/C27H33N3O5/c1-17-13-20-23(35-17)14-21-25(31)30(15-18-9-8-12-22(33-3)24(18)34-4)27(2,16-29(20)21)26(32)28-19-10-6-5-7-11-19/h8-9,12-14,19H,5-7,10-11,15-16H2,1-4H3,(H,28,32)/t27-/m1/s1. The number of carbonyl (C=O) groups is 2. The number of aryl methyl sites for hydroxylation is 1. The lowest BCUT2D eigenvalue weighted by atomic mass is 9.91. The van der Waals surface area contributed by atoms with Gasteiger partial charge in [-0.15, -0.1) is 0 Å². The summed E-state index contributed by atoms with van der Waals surface area (Å²) in [6.07, 6.45) is 5.37. The molecule has 0 spiro atoms. The van der Waals surface area contributed by atoms with E-state index < -0.39 is 5.54 Å². The average molecular weight is 480 g/mol. The molecule has 1 aliphatic heterocycles. The molecular formula is C27H33N3O5. The normalized spacial score (nSPS) is 20.7. The maximum Gasteiger partial charge on any atom is 0.271 e. The van der Waals surface area contributed by atoms with Crippen LogP contribution in [0.2, 0.25) is 0 Å². The van der Waals surface area contributed by atoms with E-state index in [1.54, 1.807) is 25.2 Å². The van der Waals surface area contributed by atoms with Gasteiger partial charge in [-0.25, -0.2) is 0 Å². The van der Waals surface area contributed by atoms with Crippen molar-refractivity contribution in [1.82, 2.24) is 14.8 Å². The van der Waals surface area contributed by atoms with E-state index in [1.165, 1.54) is 6.42 Å². The largest absolute Gasteiger partial charge is 0.493 e. The number of fused-ring (bicyclic) bond motifs is 3. The number of hydrogen-bond donors (Lipinski definition) is 1. The van der Waals surface area contributed by atoms with E-state index in [1.807, 2.05) is 42.7 Å². The average Bonchev–Trinajstić information content (AvgIpc) is 3.38. The first-order chi connectivity index (χ1) is 16.9. The van der Waals surface area contributed by atoms with Gasteiger partial charge < -0.3 is 28.7 Å². The number of hydrogen-bond acceptors (Lipinski definition) is 5. The van der Waals surface area contributed by atoms with Crippen LogP contribution in [0.4, 0.5) is 0 Å². The van der Waals surface area contributed by atoms with Gasteiger partial charge in [0, 0.05) is 23.7 Å². The maximum atomic E-state index is 14.0. The number of rotatable bonds is 6. The Balaban J connectivity index is 1.57. The Hall–Kier alpha value is -3.42. The topological polar surface area (TPSA) is 85.9 Å². The van der Waals surface area contributed by atoms with Crippen molar-refractivity contribution in [2.45, 2.75) is 70.6 Å². The Morgan fingerprint density at radius 2 is 1.94 bits per heavy atom. The molecule has 1 N–H and O–H groups in total. The Labute approximate surface area is 205 Å². The fraction of sp³-hybridized carbons (Fsp3) is 0.481. The minimum absolute atomic E-state index is 0.132. The fourth-order valence-corrected chi connectivity index (χ4v) is 5.55. The Morgan fingerprint density at radius 3 is 2.66 bits per heavy atom. The predicted octanol–water partition coefficient (Wildman–Crippen LogP) is 4.42. The van der Waals surface area contributed by atoms with Gasteiger partial charge in [0.1, 0.15) is 17.0 Å². The molecule has 35 heavy (non-hydrogen) atoms. The molecule has 1 atom stereocenters. The van der Waals surface area contributed by atoms with Crippen molar-refractivity contribution < 1.29 is 23.5 Å². The first kappa shape index (κ1) is 23.3. The third-order valence-corrected chi connectivity index (χ3v) is 7.48. The van der Waals surface area contributed by atoms with Crippen molar-refractivity contribution >= 4 is 22.9 Å². The van der Waals surface area contributed by atoms with Gasteiger partial charge in [-0.2, -0.15) is 0 Å². The van der Waals surface area contributed by atoms with Crippen LogP contribution >= 0.6 is 0 Å². The molecule has 2 aliphatic rings. The second-order valence-corrected chi connectivity index (χ2v) is 9.85. The van der Waals surface area contributed by atoms with E-state index in [0.717, 1.165) is 42.5 Å². The first-order valence-corrected chi connectivity index (χ1v) is 12.3. The summed E-state index contributed by atoms with van der Waals surface area (Å²) >= 11 is 0. The quantitative estimate of drug-likeness (QED) is 0.566. The van der Waals surface area contributed by atoms with Gasteiger partial charge >= 0.3 is 0 Å². The molecule has 8 nitrogen and oxygen atoms in total.